The van der Waals surface area contributed by atoms with Crippen LogP contribution in [0.4, 0.5) is 11.4 Å². The summed E-state index contributed by atoms with van der Waals surface area (Å²) in [5.74, 6) is -1.19. The van der Waals surface area contributed by atoms with Crippen molar-refractivity contribution in [2.24, 2.45) is 0 Å². The summed E-state index contributed by atoms with van der Waals surface area (Å²) in [6, 6.07) is 27.3. The molecule has 0 aliphatic carbocycles. The van der Waals surface area contributed by atoms with E-state index in [1.54, 1.807) is 24.3 Å². The van der Waals surface area contributed by atoms with Gasteiger partial charge in [-0.1, -0.05) is 66.7 Å². The van der Waals surface area contributed by atoms with E-state index in [2.05, 4.69) is 18.7 Å². The number of Topliss-reactive ketones (excluding diaryl/α,β-unsaturated/α-hetero) is 1. The van der Waals surface area contributed by atoms with Crippen molar-refractivity contribution in [3.05, 3.63) is 108 Å². The minimum Gasteiger partial charge on any atom is -0.507 e. The van der Waals surface area contributed by atoms with Crippen LogP contribution in [0.1, 0.15) is 31.0 Å². The molecule has 1 heterocycles. The van der Waals surface area contributed by atoms with Crippen molar-refractivity contribution in [1.82, 2.24) is 0 Å². The van der Waals surface area contributed by atoms with Crippen molar-refractivity contribution >= 4 is 39.6 Å². The Morgan fingerprint density at radius 3 is 2.24 bits per heavy atom. The maximum atomic E-state index is 13.6. The molecule has 1 saturated heterocycles. The summed E-state index contributed by atoms with van der Waals surface area (Å²) in [6.45, 7) is 5.91. The summed E-state index contributed by atoms with van der Waals surface area (Å²) in [5, 5.41) is 13.4. The van der Waals surface area contributed by atoms with Gasteiger partial charge in [-0.15, -0.1) is 0 Å². The normalized spacial score (nSPS) is 16.7. The van der Waals surface area contributed by atoms with Crippen LogP contribution < -0.4 is 14.5 Å². The summed E-state index contributed by atoms with van der Waals surface area (Å²) in [7, 11) is 1.53. The van der Waals surface area contributed by atoms with Gasteiger partial charge in [0.15, 0.2) is 0 Å². The largest absolute Gasteiger partial charge is 0.507 e. The molecule has 1 amide bonds. The Labute approximate surface area is 222 Å². The first-order valence-corrected chi connectivity index (χ1v) is 12.8. The molecule has 4 aromatic rings. The van der Waals surface area contributed by atoms with Gasteiger partial charge in [-0.05, 0) is 54.4 Å². The van der Waals surface area contributed by atoms with E-state index in [1.807, 2.05) is 66.7 Å². The smallest absolute Gasteiger partial charge is 0.300 e. The van der Waals surface area contributed by atoms with Gasteiger partial charge in [-0.3, -0.25) is 14.5 Å². The standard InChI is InChI=1S/C32H30N2O4/c1-4-33(5-2)23-19-17-22(18-20-23)29-28(30(35)25-14-10-12-21-11-6-7-13-24(21)25)31(36)32(37)34(29)26-15-8-9-16-27(26)38-3/h6-20,29,35H,4-5H2,1-3H3/b30-28-. The summed E-state index contributed by atoms with van der Waals surface area (Å²) in [5.41, 5.74) is 2.78. The molecule has 1 aliphatic rings. The second kappa shape index (κ2) is 10.4. The number of aliphatic hydroxyl groups is 1. The van der Waals surface area contributed by atoms with Gasteiger partial charge in [-0.2, -0.15) is 0 Å². The van der Waals surface area contributed by atoms with Crippen molar-refractivity contribution in [2.75, 3.05) is 30.0 Å². The van der Waals surface area contributed by atoms with Crippen LogP contribution in [0.25, 0.3) is 16.5 Å². The average molecular weight is 507 g/mol. The Bertz CT molecular complexity index is 1530. The maximum Gasteiger partial charge on any atom is 0.300 e. The third-order valence-electron chi connectivity index (χ3n) is 7.17. The Balaban J connectivity index is 1.75. The Morgan fingerprint density at radius 1 is 0.868 bits per heavy atom. The lowest BCUT2D eigenvalue weighted by Gasteiger charge is -2.27. The second-order valence-corrected chi connectivity index (χ2v) is 9.13. The number of nitrogens with zero attached hydrogens (tertiary/aromatic N) is 2. The Hall–Kier alpha value is -4.58. The van der Waals surface area contributed by atoms with Gasteiger partial charge < -0.3 is 14.7 Å². The van der Waals surface area contributed by atoms with E-state index < -0.39 is 17.7 Å². The predicted octanol–water partition coefficient (Wildman–Crippen LogP) is 6.32. The van der Waals surface area contributed by atoms with Crippen LogP contribution in [0.15, 0.2) is 96.6 Å². The minimum atomic E-state index is -0.837. The van der Waals surface area contributed by atoms with E-state index in [4.69, 9.17) is 4.74 Å². The van der Waals surface area contributed by atoms with Crippen molar-refractivity contribution in [2.45, 2.75) is 19.9 Å². The number of para-hydroxylation sites is 2. The zero-order valence-corrected chi connectivity index (χ0v) is 21.7. The SMILES string of the molecule is CCN(CC)c1ccc(C2/C(=C(/O)c3cccc4ccccc34)C(=O)C(=O)N2c2ccccc2OC)cc1. The number of hydrogen-bond donors (Lipinski definition) is 1. The molecule has 38 heavy (non-hydrogen) atoms. The highest BCUT2D eigenvalue weighted by Crippen LogP contribution is 2.45. The molecular weight excluding hydrogens is 476 g/mol. The molecule has 0 aromatic heterocycles. The van der Waals surface area contributed by atoms with Crippen molar-refractivity contribution in [3.63, 3.8) is 0 Å². The second-order valence-electron chi connectivity index (χ2n) is 9.13. The molecule has 1 aliphatic heterocycles. The highest BCUT2D eigenvalue weighted by atomic mass is 16.5. The number of carbonyl (C=O) groups excluding carboxylic acids is 2. The molecule has 5 rings (SSSR count). The lowest BCUT2D eigenvalue weighted by molar-refractivity contribution is -0.132. The fraction of sp³-hybridized carbons (Fsp3) is 0.188. The topological polar surface area (TPSA) is 70.1 Å². The monoisotopic (exact) mass is 506 g/mol. The highest BCUT2D eigenvalue weighted by Gasteiger charge is 2.47. The Morgan fingerprint density at radius 2 is 1.53 bits per heavy atom. The lowest BCUT2D eigenvalue weighted by atomic mass is 9.93. The van der Waals surface area contributed by atoms with Gasteiger partial charge in [0.05, 0.1) is 24.4 Å². The molecule has 0 spiro atoms. The molecule has 6 heteroatoms. The first-order valence-electron chi connectivity index (χ1n) is 12.8. The van der Waals surface area contributed by atoms with Crippen molar-refractivity contribution in [3.8, 4) is 5.75 Å². The van der Waals surface area contributed by atoms with Crippen LogP contribution in [0.2, 0.25) is 0 Å². The third kappa shape index (κ3) is 4.18. The number of methoxy groups -OCH3 is 1. The molecule has 192 valence electrons. The zero-order valence-electron chi connectivity index (χ0n) is 21.7. The first-order chi connectivity index (χ1) is 18.5. The van der Waals surface area contributed by atoms with Crippen LogP contribution in [-0.4, -0.2) is 37.0 Å². The molecule has 6 nitrogen and oxygen atoms in total. The van der Waals surface area contributed by atoms with Gasteiger partial charge in [-0.25, -0.2) is 0 Å². The number of fused-ring (bicyclic) bond motifs is 1. The van der Waals surface area contributed by atoms with Crippen molar-refractivity contribution in [1.29, 1.82) is 0 Å². The zero-order chi connectivity index (χ0) is 26.8. The molecule has 4 aromatic carbocycles. The number of hydrogen-bond acceptors (Lipinski definition) is 5. The number of rotatable bonds is 7. The number of ketones is 1. The lowest BCUT2D eigenvalue weighted by Crippen LogP contribution is -2.30. The number of amides is 1. The summed E-state index contributed by atoms with van der Waals surface area (Å²) >= 11 is 0. The van der Waals surface area contributed by atoms with Gasteiger partial charge in [0.25, 0.3) is 11.7 Å². The van der Waals surface area contributed by atoms with Gasteiger partial charge in [0.2, 0.25) is 0 Å². The van der Waals surface area contributed by atoms with Crippen LogP contribution >= 0.6 is 0 Å². The quantitative estimate of drug-likeness (QED) is 0.180. The third-order valence-corrected chi connectivity index (χ3v) is 7.17. The van der Waals surface area contributed by atoms with Gasteiger partial charge in [0, 0.05) is 24.3 Å². The molecule has 1 fully saturated rings. The maximum absolute atomic E-state index is 13.6. The van der Waals surface area contributed by atoms with Crippen LogP contribution in [-0.2, 0) is 9.59 Å². The molecular formula is C32H30N2O4. The van der Waals surface area contributed by atoms with E-state index in [1.165, 1.54) is 12.0 Å². The van der Waals surface area contributed by atoms with Crippen LogP contribution in [0.3, 0.4) is 0 Å². The number of benzene rings is 4. The highest BCUT2D eigenvalue weighted by molar-refractivity contribution is 6.52. The van der Waals surface area contributed by atoms with Gasteiger partial charge in [0.1, 0.15) is 11.5 Å². The first kappa shape index (κ1) is 25.1. The van der Waals surface area contributed by atoms with Crippen molar-refractivity contribution < 1.29 is 19.4 Å². The fourth-order valence-electron chi connectivity index (χ4n) is 5.26. The summed E-state index contributed by atoms with van der Waals surface area (Å²) in [4.78, 5) is 30.9. The van der Waals surface area contributed by atoms with E-state index in [9.17, 15) is 14.7 Å². The molecule has 0 bridgehead atoms. The van der Waals surface area contributed by atoms with E-state index in [0.717, 1.165) is 29.5 Å². The number of ether oxygens (including phenoxy) is 1. The van der Waals surface area contributed by atoms with Gasteiger partial charge >= 0.3 is 0 Å². The van der Waals surface area contributed by atoms with E-state index in [0.29, 0.717) is 22.6 Å². The molecule has 1 atom stereocenters. The molecule has 1 N–H and O–H groups in total. The number of aliphatic hydroxyl groups excluding tert-OH is 1. The van der Waals surface area contributed by atoms with E-state index in [-0.39, 0.29) is 11.3 Å². The van der Waals surface area contributed by atoms with Crippen LogP contribution in [0.5, 0.6) is 5.75 Å². The predicted molar refractivity (Wildman–Crippen MR) is 152 cm³/mol. The average Bonchev–Trinajstić information content (AvgIpc) is 3.23. The molecule has 0 radical (unpaired) electrons. The summed E-state index contributed by atoms with van der Waals surface area (Å²) < 4.78 is 5.55. The fourth-order valence-corrected chi connectivity index (χ4v) is 5.26. The minimum absolute atomic E-state index is 0.0489. The number of carbonyl (C=O) groups is 2. The summed E-state index contributed by atoms with van der Waals surface area (Å²) in [6.07, 6.45) is 0. The number of anilines is 2. The van der Waals surface area contributed by atoms with Crippen LogP contribution in [0, 0.1) is 0 Å². The Kier molecular flexibility index (Phi) is 6.88. The molecule has 0 saturated carbocycles. The molecule has 1 unspecified atom stereocenters. The van der Waals surface area contributed by atoms with E-state index >= 15 is 0 Å².